The van der Waals surface area contributed by atoms with Crippen molar-refractivity contribution in [3.05, 3.63) is 53.2 Å². The van der Waals surface area contributed by atoms with Crippen LogP contribution in [0.15, 0.2) is 42.0 Å². The molecule has 0 aliphatic carbocycles. The van der Waals surface area contributed by atoms with Crippen LogP contribution < -0.4 is 0 Å². The minimum Gasteiger partial charge on any atom is -0.301 e. The van der Waals surface area contributed by atoms with Crippen molar-refractivity contribution >= 4 is 11.3 Å². The molecule has 0 spiro atoms. The summed E-state index contributed by atoms with van der Waals surface area (Å²) < 4.78 is 1.93. The van der Waals surface area contributed by atoms with Gasteiger partial charge in [0.15, 0.2) is 0 Å². The lowest BCUT2D eigenvalue weighted by molar-refractivity contribution is 0.310. The van der Waals surface area contributed by atoms with Gasteiger partial charge >= 0.3 is 0 Å². The number of likely N-dealkylation sites (tertiary alicyclic amines) is 1. The average Bonchev–Trinajstić information content (AvgIpc) is 3.34. The Bertz CT molecular complexity index is 795. The predicted molar refractivity (Wildman–Crippen MR) is 96.1 cm³/mol. The molecule has 6 heteroatoms. The standard InChI is InChI=1S/C18H21N5S/c1-14-4-2-3-5-16(14)15-6-8-22(12-15)9-10-23-13-17(20-21-23)18-19-7-11-24-18/h2-5,7,11,13,15H,6,8-10,12H2,1H3. The third-order valence-electron chi connectivity index (χ3n) is 4.74. The first-order chi connectivity index (χ1) is 11.8. The molecule has 1 aliphatic heterocycles. The summed E-state index contributed by atoms with van der Waals surface area (Å²) in [7, 11) is 0. The molecule has 4 rings (SSSR count). The predicted octanol–water partition coefficient (Wildman–Crippen LogP) is 3.20. The van der Waals surface area contributed by atoms with E-state index in [9.17, 15) is 0 Å². The molecule has 0 bridgehead atoms. The number of benzene rings is 1. The number of hydrogen-bond acceptors (Lipinski definition) is 5. The average molecular weight is 339 g/mol. The summed E-state index contributed by atoms with van der Waals surface area (Å²) in [4.78, 5) is 6.81. The van der Waals surface area contributed by atoms with Crippen LogP contribution in [0.1, 0.15) is 23.5 Å². The van der Waals surface area contributed by atoms with Crippen LogP contribution in [-0.2, 0) is 6.54 Å². The summed E-state index contributed by atoms with van der Waals surface area (Å²) in [5.41, 5.74) is 3.78. The molecule has 0 saturated carbocycles. The summed E-state index contributed by atoms with van der Waals surface area (Å²) in [6, 6.07) is 8.77. The first kappa shape index (κ1) is 15.5. The number of rotatable bonds is 5. The van der Waals surface area contributed by atoms with Crippen molar-refractivity contribution in [3.63, 3.8) is 0 Å². The zero-order valence-electron chi connectivity index (χ0n) is 13.8. The summed E-state index contributed by atoms with van der Waals surface area (Å²) in [5, 5.41) is 11.3. The van der Waals surface area contributed by atoms with Crippen LogP contribution in [0.3, 0.4) is 0 Å². The fourth-order valence-corrected chi connectivity index (χ4v) is 4.02. The van der Waals surface area contributed by atoms with Gasteiger partial charge in [0.25, 0.3) is 0 Å². The summed E-state index contributed by atoms with van der Waals surface area (Å²) in [6.07, 6.45) is 5.04. The molecular formula is C18H21N5S. The van der Waals surface area contributed by atoms with E-state index in [0.29, 0.717) is 5.92 Å². The van der Waals surface area contributed by atoms with Gasteiger partial charge < -0.3 is 4.90 Å². The second kappa shape index (κ2) is 6.83. The molecule has 0 N–H and O–H groups in total. The van der Waals surface area contributed by atoms with Crippen LogP contribution >= 0.6 is 11.3 Å². The van der Waals surface area contributed by atoms with Gasteiger partial charge in [-0.25, -0.2) is 4.98 Å². The van der Waals surface area contributed by atoms with Crippen molar-refractivity contribution < 1.29 is 0 Å². The fraction of sp³-hybridized carbons (Fsp3) is 0.389. The van der Waals surface area contributed by atoms with E-state index in [1.54, 1.807) is 17.5 Å². The third-order valence-corrected chi connectivity index (χ3v) is 5.53. The molecule has 1 unspecified atom stereocenters. The van der Waals surface area contributed by atoms with Gasteiger partial charge in [0, 0.05) is 24.7 Å². The first-order valence-electron chi connectivity index (χ1n) is 8.37. The molecular weight excluding hydrogens is 318 g/mol. The molecule has 1 saturated heterocycles. The molecule has 1 fully saturated rings. The normalized spacial score (nSPS) is 18.3. The van der Waals surface area contributed by atoms with E-state index in [0.717, 1.165) is 36.9 Å². The SMILES string of the molecule is Cc1ccccc1C1CCN(CCn2cc(-c3nccs3)nn2)C1. The van der Waals surface area contributed by atoms with Gasteiger partial charge in [0.05, 0.1) is 12.7 Å². The van der Waals surface area contributed by atoms with Crippen LogP contribution in [0.25, 0.3) is 10.7 Å². The Labute approximate surface area is 146 Å². The second-order valence-electron chi connectivity index (χ2n) is 6.35. The topological polar surface area (TPSA) is 46.8 Å². The quantitative estimate of drug-likeness (QED) is 0.716. The highest BCUT2D eigenvalue weighted by molar-refractivity contribution is 7.13. The van der Waals surface area contributed by atoms with Crippen molar-refractivity contribution in [3.8, 4) is 10.7 Å². The number of hydrogen-bond donors (Lipinski definition) is 0. The van der Waals surface area contributed by atoms with E-state index >= 15 is 0 Å². The highest BCUT2D eigenvalue weighted by Crippen LogP contribution is 2.29. The van der Waals surface area contributed by atoms with Crippen LogP contribution in [0.4, 0.5) is 0 Å². The molecule has 124 valence electrons. The molecule has 3 heterocycles. The van der Waals surface area contributed by atoms with Crippen LogP contribution in [0.5, 0.6) is 0 Å². The monoisotopic (exact) mass is 339 g/mol. The molecule has 0 amide bonds. The van der Waals surface area contributed by atoms with E-state index in [1.807, 2.05) is 16.3 Å². The Morgan fingerprint density at radius 2 is 2.17 bits per heavy atom. The van der Waals surface area contributed by atoms with Crippen LogP contribution in [0.2, 0.25) is 0 Å². The maximum Gasteiger partial charge on any atom is 0.145 e. The van der Waals surface area contributed by atoms with Crippen molar-refractivity contribution in [1.29, 1.82) is 0 Å². The molecule has 1 atom stereocenters. The Morgan fingerprint density at radius 3 is 3.00 bits per heavy atom. The summed E-state index contributed by atoms with van der Waals surface area (Å²) >= 11 is 1.59. The van der Waals surface area contributed by atoms with Gasteiger partial charge in [-0.2, -0.15) is 0 Å². The van der Waals surface area contributed by atoms with E-state index < -0.39 is 0 Å². The number of nitrogens with zero attached hydrogens (tertiary/aromatic N) is 5. The Kier molecular flexibility index (Phi) is 4.40. The molecule has 2 aromatic heterocycles. The maximum absolute atomic E-state index is 4.28. The van der Waals surface area contributed by atoms with Crippen molar-refractivity contribution in [2.24, 2.45) is 0 Å². The van der Waals surface area contributed by atoms with Crippen molar-refractivity contribution in [2.75, 3.05) is 19.6 Å². The minimum absolute atomic E-state index is 0.660. The molecule has 5 nitrogen and oxygen atoms in total. The Morgan fingerprint density at radius 1 is 1.25 bits per heavy atom. The summed E-state index contributed by atoms with van der Waals surface area (Å²) in [5.74, 6) is 0.660. The lowest BCUT2D eigenvalue weighted by atomic mass is 9.94. The van der Waals surface area contributed by atoms with E-state index in [2.05, 4.69) is 51.4 Å². The smallest absolute Gasteiger partial charge is 0.145 e. The van der Waals surface area contributed by atoms with Gasteiger partial charge in [0.2, 0.25) is 0 Å². The zero-order valence-corrected chi connectivity index (χ0v) is 14.6. The van der Waals surface area contributed by atoms with Crippen LogP contribution in [0, 0.1) is 6.92 Å². The van der Waals surface area contributed by atoms with E-state index in [4.69, 9.17) is 0 Å². The lowest BCUT2D eigenvalue weighted by Crippen LogP contribution is -2.25. The number of thiazole rings is 1. The second-order valence-corrected chi connectivity index (χ2v) is 7.24. The Balaban J connectivity index is 1.34. The van der Waals surface area contributed by atoms with Crippen molar-refractivity contribution in [1.82, 2.24) is 24.9 Å². The highest BCUT2D eigenvalue weighted by atomic mass is 32.1. The summed E-state index contributed by atoms with van der Waals surface area (Å²) in [6.45, 7) is 6.40. The molecule has 0 radical (unpaired) electrons. The van der Waals surface area contributed by atoms with Crippen LogP contribution in [-0.4, -0.2) is 44.5 Å². The van der Waals surface area contributed by atoms with Gasteiger partial charge in [-0.1, -0.05) is 29.5 Å². The van der Waals surface area contributed by atoms with E-state index in [1.165, 1.54) is 17.5 Å². The molecule has 3 aromatic rings. The fourth-order valence-electron chi connectivity index (χ4n) is 3.43. The molecule has 1 aromatic carbocycles. The minimum atomic E-state index is 0.660. The lowest BCUT2D eigenvalue weighted by Gasteiger charge is -2.17. The van der Waals surface area contributed by atoms with Gasteiger partial charge in [-0.05, 0) is 36.9 Å². The third kappa shape index (κ3) is 3.25. The first-order valence-corrected chi connectivity index (χ1v) is 9.25. The van der Waals surface area contributed by atoms with Gasteiger partial charge in [-0.3, -0.25) is 4.68 Å². The Hall–Kier alpha value is -2.05. The van der Waals surface area contributed by atoms with Crippen molar-refractivity contribution in [2.45, 2.75) is 25.8 Å². The van der Waals surface area contributed by atoms with Gasteiger partial charge in [-0.15, -0.1) is 16.4 Å². The maximum atomic E-state index is 4.28. The van der Waals surface area contributed by atoms with E-state index in [-0.39, 0.29) is 0 Å². The molecule has 24 heavy (non-hydrogen) atoms. The number of aryl methyl sites for hydroxylation is 1. The van der Waals surface area contributed by atoms with Gasteiger partial charge in [0.1, 0.15) is 10.7 Å². The molecule has 1 aliphatic rings. The number of aromatic nitrogens is 4. The zero-order chi connectivity index (χ0) is 16.4. The largest absolute Gasteiger partial charge is 0.301 e. The highest BCUT2D eigenvalue weighted by Gasteiger charge is 2.24.